The second-order valence-corrected chi connectivity index (χ2v) is 8.61. The van der Waals surface area contributed by atoms with E-state index in [4.69, 9.17) is 5.21 Å². The molecule has 2 unspecified atom stereocenters. The summed E-state index contributed by atoms with van der Waals surface area (Å²) >= 11 is 0. The van der Waals surface area contributed by atoms with Crippen LogP contribution in [-0.4, -0.2) is 53.3 Å². The Balaban J connectivity index is 1.84. The number of benzene rings is 2. The van der Waals surface area contributed by atoms with Crippen molar-refractivity contribution in [3.05, 3.63) is 65.2 Å². The third-order valence-electron chi connectivity index (χ3n) is 5.45. The number of unbranched alkanes of at least 4 members (excludes halogenated alkanes) is 3. The molecule has 2 aromatic rings. The summed E-state index contributed by atoms with van der Waals surface area (Å²) in [6.07, 6.45) is 3.44. The van der Waals surface area contributed by atoms with Crippen molar-refractivity contribution in [3.63, 3.8) is 0 Å². The van der Waals surface area contributed by atoms with E-state index in [0.29, 0.717) is 11.3 Å². The molecular weight excluding hydrogens is 484 g/mol. The molecule has 0 aromatic heterocycles. The van der Waals surface area contributed by atoms with Crippen LogP contribution in [0.4, 0.5) is 5.69 Å². The number of carbonyl (C=O) groups is 3. The van der Waals surface area contributed by atoms with Gasteiger partial charge in [-0.2, -0.15) is 0 Å². The predicted molar refractivity (Wildman–Crippen MR) is 145 cm³/mol. The van der Waals surface area contributed by atoms with Crippen LogP contribution in [0.25, 0.3) is 0 Å². The van der Waals surface area contributed by atoms with Crippen LogP contribution in [0.2, 0.25) is 0 Å². The average Bonchev–Trinajstić information content (AvgIpc) is 2.92. The summed E-state index contributed by atoms with van der Waals surface area (Å²) in [6, 6.07) is 12.2. The molecule has 9 heteroatoms. The number of hydroxylamine groups is 1. The summed E-state index contributed by atoms with van der Waals surface area (Å²) in [6.45, 7) is 4.60. The molecule has 0 heterocycles. The number of hydrogen-bond donors (Lipinski definition) is 6. The van der Waals surface area contributed by atoms with Gasteiger partial charge in [-0.15, -0.1) is 0 Å². The van der Waals surface area contributed by atoms with Crippen LogP contribution in [0.1, 0.15) is 61.0 Å². The minimum atomic E-state index is -1.30. The van der Waals surface area contributed by atoms with Gasteiger partial charge in [-0.25, -0.2) is 5.48 Å². The molecule has 200 valence electrons. The summed E-state index contributed by atoms with van der Waals surface area (Å²) < 4.78 is 0. The maximum absolute atomic E-state index is 12.3. The fourth-order valence-electron chi connectivity index (χ4n) is 3.33. The highest BCUT2D eigenvalue weighted by Gasteiger charge is 2.25. The number of nitrogens with one attached hydrogen (secondary N) is 4. The normalized spacial score (nSPS) is 11.6. The second kappa shape index (κ2) is 16.6. The zero-order chi connectivity index (χ0) is 27.8. The van der Waals surface area contributed by atoms with Gasteiger partial charge < -0.3 is 21.1 Å². The van der Waals surface area contributed by atoms with Gasteiger partial charge in [-0.3, -0.25) is 19.6 Å². The lowest BCUT2D eigenvalue weighted by atomic mass is 10.1. The van der Waals surface area contributed by atoms with Gasteiger partial charge in [-0.05, 0) is 80.3 Å². The highest BCUT2D eigenvalue weighted by atomic mass is 16.5. The maximum atomic E-state index is 12.3. The molecule has 0 saturated carbocycles. The van der Waals surface area contributed by atoms with Crippen LogP contribution in [0.15, 0.2) is 48.5 Å². The molecule has 0 bridgehead atoms. The number of hydrogen-bond acceptors (Lipinski definition) is 6. The lowest BCUT2D eigenvalue weighted by Gasteiger charge is -2.19. The average molecular weight is 519 g/mol. The van der Waals surface area contributed by atoms with Crippen molar-refractivity contribution < 1.29 is 24.7 Å². The van der Waals surface area contributed by atoms with Gasteiger partial charge >= 0.3 is 0 Å². The summed E-state index contributed by atoms with van der Waals surface area (Å²) in [4.78, 5) is 35.9. The van der Waals surface area contributed by atoms with E-state index < -0.39 is 24.0 Å². The number of aliphatic hydroxyl groups is 1. The molecule has 2 rings (SSSR count). The van der Waals surface area contributed by atoms with Gasteiger partial charge in [0.2, 0.25) is 5.91 Å². The first-order valence-corrected chi connectivity index (χ1v) is 12.5. The third kappa shape index (κ3) is 10.9. The van der Waals surface area contributed by atoms with Crippen LogP contribution in [0, 0.1) is 23.7 Å². The second-order valence-electron chi connectivity index (χ2n) is 8.61. The Kier molecular flexibility index (Phi) is 13.1. The Morgan fingerprint density at radius 1 is 0.895 bits per heavy atom. The molecule has 2 aromatic carbocycles. The van der Waals surface area contributed by atoms with E-state index >= 15 is 0 Å². The fraction of sp³-hybridized carbons (Fsp3) is 0.345. The van der Waals surface area contributed by atoms with E-state index in [1.54, 1.807) is 36.4 Å². The number of carbonyl (C=O) groups excluding carboxylic acids is 3. The van der Waals surface area contributed by atoms with Crippen molar-refractivity contribution in [2.24, 2.45) is 0 Å². The smallest absolute Gasteiger partial charge is 0.268 e. The van der Waals surface area contributed by atoms with E-state index in [1.807, 2.05) is 0 Å². The highest BCUT2D eigenvalue weighted by Crippen LogP contribution is 2.09. The summed E-state index contributed by atoms with van der Waals surface area (Å²) in [7, 11) is 0. The molecule has 0 fully saturated rings. The van der Waals surface area contributed by atoms with Gasteiger partial charge in [0.25, 0.3) is 11.8 Å². The molecule has 9 nitrogen and oxygen atoms in total. The van der Waals surface area contributed by atoms with E-state index in [9.17, 15) is 19.5 Å². The first-order chi connectivity index (χ1) is 18.3. The van der Waals surface area contributed by atoms with Crippen molar-refractivity contribution in [1.29, 1.82) is 0 Å². The van der Waals surface area contributed by atoms with Gasteiger partial charge in [0.05, 0.1) is 12.6 Å². The zero-order valence-corrected chi connectivity index (χ0v) is 21.6. The molecule has 0 aliphatic rings. The summed E-state index contributed by atoms with van der Waals surface area (Å²) in [5.41, 5.74) is 3.74. The molecule has 2 atom stereocenters. The maximum Gasteiger partial charge on any atom is 0.268 e. The van der Waals surface area contributed by atoms with Gasteiger partial charge in [0.1, 0.15) is 6.04 Å². The molecule has 0 saturated heterocycles. The van der Waals surface area contributed by atoms with Crippen molar-refractivity contribution in [3.8, 4) is 23.7 Å². The Morgan fingerprint density at radius 3 is 2.05 bits per heavy atom. The topological polar surface area (TPSA) is 140 Å². The predicted octanol–water partition coefficient (Wildman–Crippen LogP) is 2.18. The van der Waals surface area contributed by atoms with Gasteiger partial charge in [-0.1, -0.05) is 38.0 Å². The molecule has 38 heavy (non-hydrogen) atoms. The number of aliphatic hydroxyl groups excluding tert-OH is 1. The molecule has 0 radical (unpaired) electrons. The monoisotopic (exact) mass is 518 g/mol. The fourth-order valence-corrected chi connectivity index (χ4v) is 3.33. The van der Waals surface area contributed by atoms with E-state index in [-0.39, 0.29) is 18.0 Å². The van der Waals surface area contributed by atoms with Gasteiger partial charge in [0, 0.05) is 22.4 Å². The Labute approximate surface area is 223 Å². The van der Waals surface area contributed by atoms with Crippen LogP contribution >= 0.6 is 0 Å². The van der Waals surface area contributed by atoms with Gasteiger partial charge in [0.15, 0.2) is 0 Å². The first kappa shape index (κ1) is 30.1. The minimum Gasteiger partial charge on any atom is -0.391 e. The lowest BCUT2D eigenvalue weighted by molar-refractivity contribution is -0.133. The third-order valence-corrected chi connectivity index (χ3v) is 5.45. The molecule has 6 N–H and O–H groups in total. The SMILES string of the molecule is CCCCCCNCC(=O)Nc1ccc(C#CC#Cc2ccc(C(=O)NC(C(=O)NO)C(C)O)cc2)cc1. The van der Waals surface area contributed by atoms with Crippen molar-refractivity contribution in [1.82, 2.24) is 16.1 Å². The van der Waals surface area contributed by atoms with E-state index in [0.717, 1.165) is 18.5 Å². The number of amides is 3. The van der Waals surface area contributed by atoms with E-state index in [2.05, 4.69) is 46.6 Å². The molecule has 0 spiro atoms. The first-order valence-electron chi connectivity index (χ1n) is 12.5. The van der Waals surface area contributed by atoms with Crippen LogP contribution in [0.3, 0.4) is 0 Å². The molecule has 0 aliphatic carbocycles. The molecule has 3 amide bonds. The van der Waals surface area contributed by atoms with Crippen molar-refractivity contribution in [2.75, 3.05) is 18.4 Å². The van der Waals surface area contributed by atoms with Crippen molar-refractivity contribution in [2.45, 2.75) is 51.7 Å². The quantitative estimate of drug-likeness (QED) is 0.110. The number of rotatable bonds is 12. The van der Waals surface area contributed by atoms with Crippen LogP contribution < -0.4 is 21.4 Å². The Bertz CT molecular complexity index is 1190. The highest BCUT2D eigenvalue weighted by molar-refractivity contribution is 5.97. The molecule has 0 aliphatic heterocycles. The van der Waals surface area contributed by atoms with Crippen molar-refractivity contribution >= 4 is 23.4 Å². The Hall–Kier alpha value is -4.15. The Morgan fingerprint density at radius 2 is 1.50 bits per heavy atom. The number of anilines is 1. The zero-order valence-electron chi connectivity index (χ0n) is 21.6. The minimum absolute atomic E-state index is 0.0906. The standard InChI is InChI=1S/C29H34N4O5/c1-3-4-5-8-19-30-20-26(35)31-25-17-13-23(14-18-25)10-7-6-9-22-11-15-24(16-12-22)28(36)32-27(21(2)34)29(37)33-38/h11-18,21,27,30,34,38H,3-5,8,19-20H2,1-2H3,(H,31,35)(H,32,36)(H,33,37). The van der Waals surface area contributed by atoms with Crippen LogP contribution in [-0.2, 0) is 9.59 Å². The summed E-state index contributed by atoms with van der Waals surface area (Å²) in [5.74, 6) is 9.75. The summed E-state index contributed by atoms with van der Waals surface area (Å²) in [5, 5.41) is 26.7. The van der Waals surface area contributed by atoms with E-state index in [1.165, 1.54) is 43.8 Å². The largest absolute Gasteiger partial charge is 0.391 e. The van der Waals surface area contributed by atoms with Crippen LogP contribution in [0.5, 0.6) is 0 Å². The lowest BCUT2D eigenvalue weighted by Crippen LogP contribution is -2.51. The molecular formula is C29H34N4O5.